The largest absolute Gasteiger partial charge is 0.396 e. The first-order chi connectivity index (χ1) is 11.5. The highest BCUT2D eigenvalue weighted by Crippen LogP contribution is 2.31. The zero-order valence-electron chi connectivity index (χ0n) is 17.7. The number of rotatable bonds is 6. The highest BCUT2D eigenvalue weighted by atomic mass is 35.5. The van der Waals surface area contributed by atoms with E-state index in [-0.39, 0.29) is 22.3 Å². The van der Waals surface area contributed by atoms with Crippen molar-refractivity contribution in [2.75, 3.05) is 12.3 Å². The number of benzene rings is 1. The van der Waals surface area contributed by atoms with E-state index in [9.17, 15) is 5.11 Å². The second-order valence-electron chi connectivity index (χ2n) is 4.67. The van der Waals surface area contributed by atoms with Crippen LogP contribution in [0, 0.1) is 0 Å². The molecular weight excluding hydrogens is 283 g/mol. The number of aliphatic hydroxyl groups is 1. The predicted octanol–water partition coefficient (Wildman–Crippen LogP) is 3.78. The van der Waals surface area contributed by atoms with Crippen LogP contribution in [0.3, 0.4) is 0 Å². The lowest BCUT2D eigenvalue weighted by Gasteiger charge is -2.27. The summed E-state index contributed by atoms with van der Waals surface area (Å²) in [6, 6.07) is 2.83. The number of halogens is 2. The molecule has 0 bridgehead atoms. The molecule has 0 aliphatic heterocycles. The van der Waals surface area contributed by atoms with Crippen molar-refractivity contribution in [2.24, 2.45) is 0 Å². The molecule has 5 heteroatoms. The van der Waals surface area contributed by atoms with Gasteiger partial charge in [0.2, 0.25) is 0 Å². The number of hydrogen-bond acceptors (Lipinski definition) is 3. The second-order valence-corrected chi connectivity index (χ2v) is 5.48. The van der Waals surface area contributed by atoms with Crippen molar-refractivity contribution in [2.45, 2.75) is 45.1 Å². The summed E-state index contributed by atoms with van der Waals surface area (Å²) in [6.45, 7) is -0.704. The number of nitrogen functional groups attached to an aromatic ring is 1. The van der Waals surface area contributed by atoms with Gasteiger partial charge in [-0.25, -0.2) is 0 Å². The van der Waals surface area contributed by atoms with Gasteiger partial charge in [-0.05, 0) is 37.9 Å². The zero-order chi connectivity index (χ0) is 20.7. The van der Waals surface area contributed by atoms with Crippen molar-refractivity contribution in [3.63, 3.8) is 0 Å². The molecule has 3 nitrogen and oxygen atoms in total. The molecule has 0 aromatic heterocycles. The number of nitrogens with one attached hydrogen (secondary N) is 1. The van der Waals surface area contributed by atoms with Gasteiger partial charge in [0.1, 0.15) is 0 Å². The maximum atomic E-state index is 10.3. The van der Waals surface area contributed by atoms with Crippen molar-refractivity contribution in [3.8, 4) is 0 Å². The van der Waals surface area contributed by atoms with Crippen LogP contribution in [0.25, 0.3) is 0 Å². The summed E-state index contributed by atoms with van der Waals surface area (Å²) in [5, 5.41) is 13.3. The van der Waals surface area contributed by atoms with Crippen molar-refractivity contribution in [1.82, 2.24) is 5.32 Å². The average molecular weight is 312 g/mol. The van der Waals surface area contributed by atoms with E-state index < -0.39 is 31.2 Å². The fraction of sp³-hybridized carbons (Fsp3) is 0.571. The molecule has 1 unspecified atom stereocenters. The van der Waals surface area contributed by atoms with E-state index in [4.69, 9.17) is 38.5 Å². The zero-order valence-corrected chi connectivity index (χ0v) is 12.2. The molecule has 4 N–H and O–H groups in total. The smallest absolute Gasteiger partial charge is 0.0915 e. The molecule has 1 atom stereocenters. The standard InChI is InChI=1S/C14H22Cl2N2O/c1-4-5-14(2,3)18-8-12(19)9-6-10(15)13(17)11(16)7-9/h6-7,12,18-19H,4-5,8,17H2,1-3H3/i1D3,4D2,5D2. The molecule has 0 heterocycles. The van der Waals surface area contributed by atoms with Crippen LogP contribution in [0.2, 0.25) is 10.0 Å². The third kappa shape index (κ3) is 4.84. The maximum absolute atomic E-state index is 10.3. The summed E-state index contributed by atoms with van der Waals surface area (Å²) in [7, 11) is 0. The second kappa shape index (κ2) is 6.80. The first-order valence-electron chi connectivity index (χ1n) is 9.13. The van der Waals surface area contributed by atoms with Gasteiger partial charge in [-0.15, -0.1) is 0 Å². The molecule has 0 spiro atoms. The van der Waals surface area contributed by atoms with Crippen LogP contribution >= 0.6 is 23.2 Å². The summed E-state index contributed by atoms with van der Waals surface area (Å²) >= 11 is 11.8. The fourth-order valence-corrected chi connectivity index (χ4v) is 1.97. The normalized spacial score (nSPS) is 21.2. The molecule has 0 fully saturated rings. The Bertz CT molecular complexity index is 642. The summed E-state index contributed by atoms with van der Waals surface area (Å²) in [5.74, 6) is 0. The molecule has 0 amide bonds. The lowest BCUT2D eigenvalue weighted by atomic mass is 9.98. The number of anilines is 1. The first-order valence-corrected chi connectivity index (χ1v) is 6.39. The Kier molecular flexibility index (Phi) is 3.12. The minimum atomic E-state index is -3.16. The van der Waals surface area contributed by atoms with E-state index in [1.807, 2.05) is 0 Å². The third-order valence-corrected chi connectivity index (χ3v) is 3.22. The van der Waals surface area contributed by atoms with Crippen LogP contribution in [-0.4, -0.2) is 17.2 Å². The van der Waals surface area contributed by atoms with Crippen molar-refractivity contribution in [3.05, 3.63) is 27.7 Å². The van der Waals surface area contributed by atoms with Crippen molar-refractivity contribution >= 4 is 28.9 Å². The molecule has 19 heavy (non-hydrogen) atoms. The highest BCUT2D eigenvalue weighted by molar-refractivity contribution is 6.38. The SMILES string of the molecule is [2H]C([2H])([2H])C([2H])([2H])C([2H])([2H])C(C)(C)NCC(O)c1cc(Cl)c(N)c(Cl)c1. The summed E-state index contributed by atoms with van der Waals surface area (Å²) in [6.07, 6.45) is -7.05. The molecule has 0 aliphatic rings. The molecule has 0 saturated carbocycles. The summed E-state index contributed by atoms with van der Waals surface area (Å²) < 4.78 is 53.5. The monoisotopic (exact) mass is 311 g/mol. The quantitative estimate of drug-likeness (QED) is 0.701. The molecular formula is C14H22Cl2N2O. The number of hydrogen-bond donors (Lipinski definition) is 3. The van der Waals surface area contributed by atoms with Crippen LogP contribution in [0.4, 0.5) is 5.69 Å². The van der Waals surface area contributed by atoms with E-state index in [0.29, 0.717) is 5.56 Å². The Morgan fingerprint density at radius 3 is 2.58 bits per heavy atom. The minimum Gasteiger partial charge on any atom is -0.396 e. The first kappa shape index (κ1) is 8.73. The van der Waals surface area contributed by atoms with Crippen molar-refractivity contribution in [1.29, 1.82) is 0 Å². The van der Waals surface area contributed by atoms with E-state index >= 15 is 0 Å². The summed E-state index contributed by atoms with van der Waals surface area (Å²) in [5.41, 5.74) is 4.51. The highest BCUT2D eigenvalue weighted by Gasteiger charge is 2.19. The average Bonchev–Trinajstić information content (AvgIpc) is 2.48. The van der Waals surface area contributed by atoms with Gasteiger partial charge in [0.05, 0.1) is 21.8 Å². The number of nitrogens with two attached hydrogens (primary N) is 1. The molecule has 0 saturated heterocycles. The van der Waals surface area contributed by atoms with Gasteiger partial charge in [0.15, 0.2) is 0 Å². The summed E-state index contributed by atoms with van der Waals surface area (Å²) in [4.78, 5) is 0. The van der Waals surface area contributed by atoms with Gasteiger partial charge >= 0.3 is 0 Å². The van der Waals surface area contributed by atoms with Crippen LogP contribution in [-0.2, 0) is 0 Å². The van der Waals surface area contributed by atoms with Crippen molar-refractivity contribution < 1.29 is 14.7 Å². The lowest BCUT2D eigenvalue weighted by molar-refractivity contribution is 0.159. The molecule has 1 aromatic rings. The van der Waals surface area contributed by atoms with E-state index in [1.165, 1.54) is 26.0 Å². The van der Waals surface area contributed by atoms with Gasteiger partial charge in [0.25, 0.3) is 0 Å². The Morgan fingerprint density at radius 2 is 2.05 bits per heavy atom. The topological polar surface area (TPSA) is 58.3 Å². The van der Waals surface area contributed by atoms with E-state index in [0.717, 1.165) is 0 Å². The van der Waals surface area contributed by atoms with Crippen LogP contribution in [0.5, 0.6) is 0 Å². The van der Waals surface area contributed by atoms with E-state index in [2.05, 4.69) is 5.32 Å². The molecule has 0 aliphatic carbocycles. The Labute approximate surface area is 134 Å². The predicted molar refractivity (Wildman–Crippen MR) is 82.8 cm³/mol. The minimum absolute atomic E-state index is 0.153. The molecule has 0 radical (unpaired) electrons. The fourth-order valence-electron chi connectivity index (χ4n) is 1.47. The Hall–Kier alpha value is -0.480. The number of aliphatic hydroxyl groups excluding tert-OH is 1. The van der Waals surface area contributed by atoms with Gasteiger partial charge < -0.3 is 16.2 Å². The molecule has 1 rings (SSSR count). The van der Waals surface area contributed by atoms with Crippen LogP contribution in [0.1, 0.15) is 54.7 Å². The molecule has 1 aromatic carbocycles. The van der Waals surface area contributed by atoms with Crippen LogP contribution < -0.4 is 11.1 Å². The van der Waals surface area contributed by atoms with Gasteiger partial charge in [-0.3, -0.25) is 0 Å². The molecule has 108 valence electrons. The van der Waals surface area contributed by atoms with Crippen LogP contribution in [0.15, 0.2) is 12.1 Å². The van der Waals surface area contributed by atoms with Gasteiger partial charge in [0, 0.05) is 21.7 Å². The van der Waals surface area contributed by atoms with Gasteiger partial charge in [-0.2, -0.15) is 0 Å². The Morgan fingerprint density at radius 1 is 1.47 bits per heavy atom. The lowest BCUT2D eigenvalue weighted by Crippen LogP contribution is -2.41. The Balaban J connectivity index is 3.00. The van der Waals surface area contributed by atoms with Gasteiger partial charge in [-0.1, -0.05) is 36.4 Å². The van der Waals surface area contributed by atoms with E-state index in [1.54, 1.807) is 0 Å². The maximum Gasteiger partial charge on any atom is 0.0915 e. The third-order valence-electron chi connectivity index (χ3n) is 2.60. The number of β-amino-alcohol motifs (C(OH)–C–C–N with tert-alkyl or cyclic N) is 1.